The van der Waals surface area contributed by atoms with E-state index in [1.54, 1.807) is 6.20 Å². The highest BCUT2D eigenvalue weighted by Crippen LogP contribution is 2.42. The Labute approximate surface area is 307 Å². The standard InChI is InChI=1S/C46H36N6O/c1-4-32-14-16-33(17-15-32)44-45(40-12-7-8-22-48-40)50-52(46(44)34-10-9-21-47-29-34)35-24-31(3)25-37(27-35)53-36-18-19-39-38-11-5-6-13-41(38)51(42(39)28-36)43-26-30(2)20-23-49-43/h5-29H,4H2,1-3H3. The molecule has 9 aromatic rings. The van der Waals surface area contributed by atoms with Crippen molar-refractivity contribution in [3.63, 3.8) is 0 Å². The van der Waals surface area contributed by atoms with E-state index in [1.807, 2.05) is 65.7 Å². The first-order chi connectivity index (χ1) is 26.0. The maximum absolute atomic E-state index is 6.72. The molecule has 0 N–H and O–H groups in total. The van der Waals surface area contributed by atoms with Gasteiger partial charge in [0.25, 0.3) is 0 Å². The molecule has 4 aromatic carbocycles. The van der Waals surface area contributed by atoms with Gasteiger partial charge in [-0.15, -0.1) is 0 Å². The van der Waals surface area contributed by atoms with E-state index >= 15 is 0 Å². The van der Waals surface area contributed by atoms with E-state index in [4.69, 9.17) is 19.8 Å². The van der Waals surface area contributed by atoms with Crippen molar-refractivity contribution in [2.24, 2.45) is 0 Å². The number of hydrogen-bond acceptors (Lipinski definition) is 5. The van der Waals surface area contributed by atoms with E-state index < -0.39 is 0 Å². The maximum atomic E-state index is 6.72. The topological polar surface area (TPSA) is 70.7 Å². The molecule has 0 atom stereocenters. The number of pyridine rings is 3. The normalized spacial score (nSPS) is 11.4. The highest BCUT2D eigenvalue weighted by Gasteiger charge is 2.24. The summed E-state index contributed by atoms with van der Waals surface area (Å²) in [6.45, 7) is 6.34. The van der Waals surface area contributed by atoms with Crippen molar-refractivity contribution < 1.29 is 4.74 Å². The average molecular weight is 689 g/mol. The van der Waals surface area contributed by atoms with Crippen molar-refractivity contribution in [2.75, 3.05) is 0 Å². The molecule has 7 heteroatoms. The van der Waals surface area contributed by atoms with Crippen LogP contribution in [0.2, 0.25) is 0 Å². The second-order valence-corrected chi connectivity index (χ2v) is 13.3. The van der Waals surface area contributed by atoms with Crippen molar-refractivity contribution in [3.05, 3.63) is 169 Å². The molecule has 0 saturated carbocycles. The van der Waals surface area contributed by atoms with Gasteiger partial charge < -0.3 is 4.74 Å². The zero-order chi connectivity index (χ0) is 35.9. The predicted octanol–water partition coefficient (Wildman–Crippen LogP) is 11.1. The number of aromatic nitrogens is 6. The summed E-state index contributed by atoms with van der Waals surface area (Å²) >= 11 is 0. The molecule has 5 aromatic heterocycles. The molecule has 53 heavy (non-hydrogen) atoms. The van der Waals surface area contributed by atoms with Crippen LogP contribution >= 0.6 is 0 Å². The summed E-state index contributed by atoms with van der Waals surface area (Å²) in [6.07, 6.45) is 8.33. The fourth-order valence-electron chi connectivity index (χ4n) is 7.19. The Hall–Kier alpha value is -6.86. The molecule has 5 heterocycles. The molecule has 0 radical (unpaired) electrons. The van der Waals surface area contributed by atoms with Gasteiger partial charge in [0.1, 0.15) is 23.0 Å². The number of ether oxygens (including phenoxy) is 1. The number of para-hydroxylation sites is 1. The van der Waals surface area contributed by atoms with Crippen LogP contribution in [0.15, 0.2) is 152 Å². The van der Waals surface area contributed by atoms with Crippen LogP contribution in [0.3, 0.4) is 0 Å². The number of fused-ring (bicyclic) bond motifs is 3. The van der Waals surface area contributed by atoms with E-state index in [0.717, 1.165) is 85.0 Å². The Bertz CT molecular complexity index is 2750. The van der Waals surface area contributed by atoms with Gasteiger partial charge in [0.05, 0.1) is 28.1 Å². The fraction of sp³-hybridized carbons (Fsp3) is 0.0870. The second-order valence-electron chi connectivity index (χ2n) is 13.3. The zero-order valence-electron chi connectivity index (χ0n) is 29.7. The van der Waals surface area contributed by atoms with Gasteiger partial charge in [-0.25, -0.2) is 9.67 Å². The highest BCUT2D eigenvalue weighted by molar-refractivity contribution is 6.09. The largest absolute Gasteiger partial charge is 0.457 e. The molecule has 9 rings (SSSR count). The minimum absolute atomic E-state index is 0.705. The summed E-state index contributed by atoms with van der Waals surface area (Å²) in [5.41, 5.74) is 12.0. The predicted molar refractivity (Wildman–Crippen MR) is 213 cm³/mol. The molecule has 0 unspecified atom stereocenters. The van der Waals surface area contributed by atoms with Crippen LogP contribution in [0.25, 0.3) is 67.1 Å². The molecule has 0 saturated heterocycles. The Morgan fingerprint density at radius 3 is 2.26 bits per heavy atom. The molecule has 7 nitrogen and oxygen atoms in total. The molecule has 256 valence electrons. The SMILES string of the molecule is CCc1ccc(-c2c(-c3ccccn3)nn(-c3cc(C)cc(Oc4ccc5c6ccccc6n(-c6cc(C)ccn6)c5c4)c3)c2-c2cccnc2)cc1. The van der Waals surface area contributed by atoms with Crippen LogP contribution in [0.1, 0.15) is 23.6 Å². The van der Waals surface area contributed by atoms with Gasteiger partial charge in [0, 0.05) is 58.8 Å². The third kappa shape index (κ3) is 5.92. The van der Waals surface area contributed by atoms with Crippen LogP contribution in [0.4, 0.5) is 0 Å². The van der Waals surface area contributed by atoms with Gasteiger partial charge in [-0.05, 0) is 109 Å². The number of benzene rings is 4. The lowest BCUT2D eigenvalue weighted by Crippen LogP contribution is -2.01. The van der Waals surface area contributed by atoms with Crippen LogP contribution in [-0.4, -0.2) is 29.3 Å². The van der Waals surface area contributed by atoms with E-state index in [-0.39, 0.29) is 0 Å². The van der Waals surface area contributed by atoms with E-state index in [9.17, 15) is 0 Å². The molecule has 0 aliphatic heterocycles. The Morgan fingerprint density at radius 2 is 1.47 bits per heavy atom. The summed E-state index contributed by atoms with van der Waals surface area (Å²) in [6, 6.07) is 43.8. The third-order valence-corrected chi connectivity index (χ3v) is 9.67. The molecule has 0 spiro atoms. The number of aryl methyl sites for hydroxylation is 3. The lowest BCUT2D eigenvalue weighted by molar-refractivity contribution is 0.482. The summed E-state index contributed by atoms with van der Waals surface area (Å²) in [5.74, 6) is 2.30. The molecular formula is C46H36N6O. The van der Waals surface area contributed by atoms with Crippen LogP contribution < -0.4 is 4.74 Å². The highest BCUT2D eigenvalue weighted by atomic mass is 16.5. The average Bonchev–Trinajstić information content (AvgIpc) is 3.75. The van der Waals surface area contributed by atoms with Gasteiger partial charge in [0.2, 0.25) is 0 Å². The van der Waals surface area contributed by atoms with Crippen LogP contribution in [-0.2, 0) is 6.42 Å². The number of rotatable bonds is 8. The Kier molecular flexibility index (Phi) is 8.08. The van der Waals surface area contributed by atoms with Crippen molar-refractivity contribution in [1.29, 1.82) is 0 Å². The van der Waals surface area contributed by atoms with Gasteiger partial charge in [-0.2, -0.15) is 5.10 Å². The first-order valence-electron chi connectivity index (χ1n) is 17.8. The van der Waals surface area contributed by atoms with E-state index in [1.165, 1.54) is 10.9 Å². The monoisotopic (exact) mass is 688 g/mol. The molecule has 0 amide bonds. The van der Waals surface area contributed by atoms with Crippen molar-refractivity contribution in [2.45, 2.75) is 27.2 Å². The minimum atomic E-state index is 0.705. The second kappa shape index (κ2) is 13.4. The third-order valence-electron chi connectivity index (χ3n) is 9.67. The summed E-state index contributed by atoms with van der Waals surface area (Å²) < 4.78 is 10.9. The molecule has 0 aliphatic rings. The number of nitrogens with zero attached hydrogens (tertiary/aromatic N) is 6. The van der Waals surface area contributed by atoms with Crippen LogP contribution in [0.5, 0.6) is 11.5 Å². The van der Waals surface area contributed by atoms with Gasteiger partial charge in [0.15, 0.2) is 0 Å². The maximum Gasteiger partial charge on any atom is 0.137 e. The molecule has 0 bridgehead atoms. The van der Waals surface area contributed by atoms with Gasteiger partial charge in [-0.1, -0.05) is 55.5 Å². The van der Waals surface area contributed by atoms with Crippen molar-refractivity contribution in [1.82, 2.24) is 29.3 Å². The fourth-order valence-corrected chi connectivity index (χ4v) is 7.19. The molecule has 0 aliphatic carbocycles. The summed E-state index contributed by atoms with van der Waals surface area (Å²) in [5, 5.41) is 7.62. The molecule has 0 fully saturated rings. The van der Waals surface area contributed by atoms with Gasteiger partial charge in [-0.3, -0.25) is 14.5 Å². The smallest absolute Gasteiger partial charge is 0.137 e. The zero-order valence-corrected chi connectivity index (χ0v) is 29.7. The minimum Gasteiger partial charge on any atom is -0.457 e. The number of hydrogen-bond donors (Lipinski definition) is 0. The van der Waals surface area contributed by atoms with E-state index in [0.29, 0.717) is 5.75 Å². The van der Waals surface area contributed by atoms with Crippen molar-refractivity contribution >= 4 is 21.8 Å². The first-order valence-corrected chi connectivity index (χ1v) is 17.8. The Morgan fingerprint density at radius 1 is 0.623 bits per heavy atom. The Balaban J connectivity index is 1.20. The lowest BCUT2D eigenvalue weighted by Gasteiger charge is -2.14. The van der Waals surface area contributed by atoms with Gasteiger partial charge >= 0.3 is 0 Å². The van der Waals surface area contributed by atoms with Crippen molar-refractivity contribution in [3.8, 4) is 56.8 Å². The molecular weight excluding hydrogens is 653 g/mol. The first kappa shape index (κ1) is 32.1. The quantitative estimate of drug-likeness (QED) is 0.159. The van der Waals surface area contributed by atoms with Crippen LogP contribution in [0, 0.1) is 13.8 Å². The summed E-state index contributed by atoms with van der Waals surface area (Å²) in [4.78, 5) is 14.0. The van der Waals surface area contributed by atoms with E-state index in [2.05, 4.69) is 115 Å². The summed E-state index contributed by atoms with van der Waals surface area (Å²) in [7, 11) is 0. The lowest BCUT2D eigenvalue weighted by atomic mass is 9.96.